The van der Waals surface area contributed by atoms with Crippen LogP contribution >= 0.6 is 11.6 Å². The molecule has 70 valence electrons. The zero-order chi connectivity index (χ0) is 9.97. The molecule has 2 rings (SSSR count). The average molecular weight is 208 g/mol. The van der Waals surface area contributed by atoms with Gasteiger partial charge in [0.25, 0.3) is 0 Å². The number of hydrogen-bond donors (Lipinski definition) is 0. The fourth-order valence-electron chi connectivity index (χ4n) is 1.22. The average Bonchev–Trinajstić information content (AvgIpc) is 2.18. The molecule has 0 amide bonds. The molecule has 0 unspecified atom stereocenters. The summed E-state index contributed by atoms with van der Waals surface area (Å²) in [4.78, 5) is 4.03. The van der Waals surface area contributed by atoms with Crippen LogP contribution in [0.25, 0.3) is 11.3 Å². The quantitative estimate of drug-likeness (QED) is 0.652. The van der Waals surface area contributed by atoms with Crippen molar-refractivity contribution in [2.75, 3.05) is 0 Å². The summed E-state index contributed by atoms with van der Waals surface area (Å²) in [5.74, 6) is -0.371. The van der Waals surface area contributed by atoms with Gasteiger partial charge in [0.05, 0.1) is 5.69 Å². The number of benzene rings is 1. The third kappa shape index (κ3) is 1.91. The second-order valence-corrected chi connectivity index (χ2v) is 3.25. The third-order valence-corrected chi connectivity index (χ3v) is 2.02. The predicted octanol–water partition coefficient (Wildman–Crippen LogP) is 3.54. The van der Waals surface area contributed by atoms with Crippen LogP contribution in [0.2, 0.25) is 5.15 Å². The number of pyridine rings is 1. The van der Waals surface area contributed by atoms with Crippen molar-refractivity contribution in [3.63, 3.8) is 0 Å². The van der Waals surface area contributed by atoms with Crippen LogP contribution in [-0.2, 0) is 0 Å². The fraction of sp³-hybridized carbons (Fsp3) is 0. The highest BCUT2D eigenvalue weighted by molar-refractivity contribution is 6.29. The van der Waals surface area contributed by atoms with Gasteiger partial charge >= 0.3 is 0 Å². The standard InChI is InChI=1S/C11H7ClFN/c12-11-7-9(13)6-10(14-11)8-4-2-1-3-5-8/h1-7H. The molecule has 0 spiro atoms. The van der Waals surface area contributed by atoms with E-state index in [1.807, 2.05) is 30.3 Å². The van der Waals surface area contributed by atoms with Crippen molar-refractivity contribution in [2.24, 2.45) is 0 Å². The molecule has 1 aromatic heterocycles. The minimum atomic E-state index is -0.371. The zero-order valence-electron chi connectivity index (χ0n) is 7.24. The molecule has 0 fully saturated rings. The van der Waals surface area contributed by atoms with E-state index in [0.717, 1.165) is 5.56 Å². The molecule has 0 saturated carbocycles. The number of halogens is 2. The SMILES string of the molecule is Fc1cc(Cl)nc(-c2ccccc2)c1. The predicted molar refractivity (Wildman–Crippen MR) is 54.6 cm³/mol. The van der Waals surface area contributed by atoms with Crippen LogP contribution in [-0.4, -0.2) is 4.98 Å². The molecule has 0 aliphatic carbocycles. The molecular weight excluding hydrogens is 201 g/mol. The van der Waals surface area contributed by atoms with Gasteiger partial charge in [0.15, 0.2) is 0 Å². The van der Waals surface area contributed by atoms with Crippen molar-refractivity contribution in [1.29, 1.82) is 0 Å². The summed E-state index contributed by atoms with van der Waals surface area (Å²) in [5, 5.41) is 0.170. The van der Waals surface area contributed by atoms with Crippen molar-refractivity contribution < 1.29 is 4.39 Å². The number of hydrogen-bond acceptors (Lipinski definition) is 1. The van der Waals surface area contributed by atoms with E-state index in [1.165, 1.54) is 12.1 Å². The molecule has 0 aliphatic heterocycles. The lowest BCUT2D eigenvalue weighted by Crippen LogP contribution is -1.86. The van der Waals surface area contributed by atoms with E-state index in [1.54, 1.807) is 0 Å². The van der Waals surface area contributed by atoms with Crippen molar-refractivity contribution in [2.45, 2.75) is 0 Å². The molecule has 0 aliphatic rings. The highest BCUT2D eigenvalue weighted by Crippen LogP contribution is 2.19. The summed E-state index contributed by atoms with van der Waals surface area (Å²) in [6, 6.07) is 11.9. The van der Waals surface area contributed by atoms with Gasteiger partial charge in [-0.05, 0) is 0 Å². The van der Waals surface area contributed by atoms with Gasteiger partial charge in [0.2, 0.25) is 0 Å². The van der Waals surface area contributed by atoms with E-state index < -0.39 is 0 Å². The molecule has 0 atom stereocenters. The van der Waals surface area contributed by atoms with Gasteiger partial charge in [-0.15, -0.1) is 0 Å². The monoisotopic (exact) mass is 207 g/mol. The van der Waals surface area contributed by atoms with Gasteiger partial charge in [0.1, 0.15) is 11.0 Å². The van der Waals surface area contributed by atoms with Crippen LogP contribution < -0.4 is 0 Å². The molecule has 0 radical (unpaired) electrons. The van der Waals surface area contributed by atoms with E-state index in [0.29, 0.717) is 5.69 Å². The van der Waals surface area contributed by atoms with Gasteiger partial charge < -0.3 is 0 Å². The highest BCUT2D eigenvalue weighted by Gasteiger charge is 2.02. The molecule has 0 N–H and O–H groups in total. The first-order valence-corrected chi connectivity index (χ1v) is 4.52. The minimum absolute atomic E-state index is 0.170. The lowest BCUT2D eigenvalue weighted by atomic mass is 10.1. The van der Waals surface area contributed by atoms with Gasteiger partial charge in [-0.1, -0.05) is 41.9 Å². The Hall–Kier alpha value is -1.41. The first kappa shape index (κ1) is 9.16. The van der Waals surface area contributed by atoms with Crippen LogP contribution in [0.15, 0.2) is 42.5 Å². The Morgan fingerprint density at radius 2 is 1.79 bits per heavy atom. The molecule has 1 heterocycles. The molecule has 1 nitrogen and oxygen atoms in total. The van der Waals surface area contributed by atoms with Crippen molar-refractivity contribution in [1.82, 2.24) is 4.98 Å². The Bertz CT molecular complexity index is 422. The van der Waals surface area contributed by atoms with Gasteiger partial charge in [-0.3, -0.25) is 0 Å². The smallest absolute Gasteiger partial charge is 0.132 e. The van der Waals surface area contributed by atoms with Gasteiger partial charge in [0, 0.05) is 17.7 Å². The van der Waals surface area contributed by atoms with E-state index >= 15 is 0 Å². The minimum Gasteiger partial charge on any atom is -0.236 e. The Morgan fingerprint density at radius 1 is 1.07 bits per heavy atom. The fourth-order valence-corrected chi connectivity index (χ4v) is 1.42. The third-order valence-electron chi connectivity index (χ3n) is 1.83. The summed E-state index contributed by atoms with van der Waals surface area (Å²) < 4.78 is 13.0. The number of aromatic nitrogens is 1. The number of rotatable bonds is 1. The summed E-state index contributed by atoms with van der Waals surface area (Å²) in [5.41, 5.74) is 1.41. The zero-order valence-corrected chi connectivity index (χ0v) is 8.00. The Kier molecular flexibility index (Phi) is 2.46. The summed E-state index contributed by atoms with van der Waals surface area (Å²) in [6.07, 6.45) is 0. The van der Waals surface area contributed by atoms with Gasteiger partial charge in [-0.25, -0.2) is 9.37 Å². The second kappa shape index (κ2) is 3.76. The van der Waals surface area contributed by atoms with Crippen molar-refractivity contribution in [3.05, 3.63) is 53.4 Å². The summed E-state index contributed by atoms with van der Waals surface area (Å²) in [7, 11) is 0. The van der Waals surface area contributed by atoms with Crippen molar-refractivity contribution in [3.8, 4) is 11.3 Å². The molecule has 0 saturated heterocycles. The second-order valence-electron chi connectivity index (χ2n) is 2.86. The summed E-state index contributed by atoms with van der Waals surface area (Å²) in [6.45, 7) is 0. The lowest BCUT2D eigenvalue weighted by Gasteiger charge is -2.00. The van der Waals surface area contributed by atoms with Crippen LogP contribution in [0, 0.1) is 5.82 Å². The van der Waals surface area contributed by atoms with E-state index in [9.17, 15) is 4.39 Å². The molecule has 0 bridgehead atoms. The number of nitrogens with zero attached hydrogens (tertiary/aromatic N) is 1. The van der Waals surface area contributed by atoms with Crippen molar-refractivity contribution >= 4 is 11.6 Å². The van der Waals surface area contributed by atoms with Crippen LogP contribution in [0.5, 0.6) is 0 Å². The summed E-state index contributed by atoms with van der Waals surface area (Å²) >= 11 is 5.65. The maximum Gasteiger partial charge on any atom is 0.132 e. The maximum atomic E-state index is 13.0. The Morgan fingerprint density at radius 3 is 2.43 bits per heavy atom. The van der Waals surface area contributed by atoms with Crippen LogP contribution in [0.1, 0.15) is 0 Å². The van der Waals surface area contributed by atoms with Gasteiger partial charge in [-0.2, -0.15) is 0 Å². The van der Waals surface area contributed by atoms with E-state index in [4.69, 9.17) is 11.6 Å². The molecular formula is C11H7ClFN. The van der Waals surface area contributed by atoms with Crippen LogP contribution in [0.4, 0.5) is 4.39 Å². The largest absolute Gasteiger partial charge is 0.236 e. The first-order chi connectivity index (χ1) is 6.75. The molecule has 1 aromatic carbocycles. The molecule has 3 heteroatoms. The Labute approximate surface area is 86.2 Å². The van der Waals surface area contributed by atoms with Crippen LogP contribution in [0.3, 0.4) is 0 Å². The van der Waals surface area contributed by atoms with E-state index in [-0.39, 0.29) is 11.0 Å². The lowest BCUT2D eigenvalue weighted by molar-refractivity contribution is 0.626. The molecule has 2 aromatic rings. The topological polar surface area (TPSA) is 12.9 Å². The highest BCUT2D eigenvalue weighted by atomic mass is 35.5. The first-order valence-electron chi connectivity index (χ1n) is 4.14. The maximum absolute atomic E-state index is 13.0. The normalized spacial score (nSPS) is 10.1. The Balaban J connectivity index is 2.52. The molecule has 14 heavy (non-hydrogen) atoms. The van der Waals surface area contributed by atoms with E-state index in [2.05, 4.69) is 4.98 Å².